The lowest BCUT2D eigenvalue weighted by molar-refractivity contribution is 0.101. The zero-order valence-electron chi connectivity index (χ0n) is 14.1. The van der Waals surface area contributed by atoms with Crippen LogP contribution in [0.4, 0.5) is 11.4 Å². The highest BCUT2D eigenvalue weighted by atomic mass is 16.2. The normalized spacial score (nSPS) is 13.2. The molecule has 0 fully saturated rings. The van der Waals surface area contributed by atoms with Crippen molar-refractivity contribution in [1.82, 2.24) is 4.98 Å². The molecule has 0 radical (unpaired) electrons. The number of carbonyl (C=O) groups is 1. The monoisotopic (exact) mass is 324 g/mol. The fourth-order valence-electron chi connectivity index (χ4n) is 3.89. The smallest absolute Gasteiger partial charge is 0.264 e. The Morgan fingerprint density at radius 2 is 1.56 bits per heavy atom. The largest absolute Gasteiger partial charge is 0.276 e. The minimum Gasteiger partial charge on any atom is -0.276 e. The molecule has 3 nitrogen and oxygen atoms in total. The molecule has 0 bridgehead atoms. The third kappa shape index (κ3) is 1.92. The number of amides is 1. The van der Waals surface area contributed by atoms with Gasteiger partial charge in [-0.05, 0) is 55.3 Å². The lowest BCUT2D eigenvalue weighted by Gasteiger charge is -2.19. The van der Waals surface area contributed by atoms with Crippen molar-refractivity contribution in [2.45, 2.75) is 13.8 Å². The summed E-state index contributed by atoms with van der Waals surface area (Å²) in [5.74, 6) is 0.0230. The van der Waals surface area contributed by atoms with Crippen LogP contribution in [0.2, 0.25) is 0 Å². The van der Waals surface area contributed by atoms with Crippen molar-refractivity contribution >= 4 is 39.1 Å². The molecule has 4 aromatic rings. The minimum absolute atomic E-state index is 0.0230. The van der Waals surface area contributed by atoms with Crippen LogP contribution in [0.1, 0.15) is 21.5 Å². The number of aryl methyl sites for hydroxylation is 2. The summed E-state index contributed by atoms with van der Waals surface area (Å²) in [5.41, 5.74) is 6.61. The van der Waals surface area contributed by atoms with Crippen molar-refractivity contribution in [2.75, 3.05) is 4.90 Å². The maximum absolute atomic E-state index is 13.4. The van der Waals surface area contributed by atoms with Crippen molar-refractivity contribution in [3.05, 3.63) is 77.4 Å². The summed E-state index contributed by atoms with van der Waals surface area (Å²) in [4.78, 5) is 20.0. The van der Waals surface area contributed by atoms with E-state index in [9.17, 15) is 4.79 Å². The van der Waals surface area contributed by atoms with Crippen LogP contribution in [0.3, 0.4) is 0 Å². The van der Waals surface area contributed by atoms with Gasteiger partial charge in [-0.2, -0.15) is 0 Å². The SMILES string of the molecule is Cc1cc(C)cc(N2C(=O)c3c4ccccc4nc4cccc2c34)c1. The number of pyridine rings is 1. The first-order chi connectivity index (χ1) is 12.1. The second-order valence-electron chi connectivity index (χ2n) is 6.66. The number of hydrogen-bond acceptors (Lipinski definition) is 2. The number of anilines is 2. The highest BCUT2D eigenvalue weighted by Crippen LogP contribution is 2.43. The zero-order chi connectivity index (χ0) is 17.1. The van der Waals surface area contributed by atoms with Gasteiger partial charge in [-0.25, -0.2) is 4.98 Å². The van der Waals surface area contributed by atoms with E-state index in [1.165, 1.54) is 0 Å². The predicted molar refractivity (Wildman–Crippen MR) is 102 cm³/mol. The van der Waals surface area contributed by atoms with Crippen LogP contribution >= 0.6 is 0 Å². The van der Waals surface area contributed by atoms with E-state index < -0.39 is 0 Å². The number of rotatable bonds is 1. The summed E-state index contributed by atoms with van der Waals surface area (Å²) in [7, 11) is 0. The van der Waals surface area contributed by atoms with E-state index in [1.54, 1.807) is 0 Å². The van der Waals surface area contributed by atoms with E-state index in [0.717, 1.165) is 49.9 Å². The predicted octanol–water partition coefficient (Wildman–Crippen LogP) is 5.30. The summed E-state index contributed by atoms with van der Waals surface area (Å²) >= 11 is 0. The van der Waals surface area contributed by atoms with Crippen molar-refractivity contribution in [3.8, 4) is 0 Å². The van der Waals surface area contributed by atoms with Gasteiger partial charge < -0.3 is 0 Å². The van der Waals surface area contributed by atoms with Gasteiger partial charge in [-0.15, -0.1) is 0 Å². The molecule has 0 atom stereocenters. The summed E-state index contributed by atoms with van der Waals surface area (Å²) in [6.45, 7) is 4.11. The molecule has 0 saturated carbocycles. The van der Waals surface area contributed by atoms with Gasteiger partial charge in [0.05, 0.1) is 22.3 Å². The molecule has 1 amide bonds. The number of para-hydroxylation sites is 1. The molecule has 3 aromatic carbocycles. The zero-order valence-corrected chi connectivity index (χ0v) is 14.1. The first-order valence-corrected chi connectivity index (χ1v) is 8.38. The second kappa shape index (κ2) is 4.90. The molecule has 0 saturated heterocycles. The third-order valence-corrected chi connectivity index (χ3v) is 4.81. The molecule has 1 aromatic heterocycles. The number of aromatic nitrogens is 1. The van der Waals surface area contributed by atoms with Crippen LogP contribution < -0.4 is 4.90 Å². The Bertz CT molecular complexity index is 1170. The Morgan fingerprint density at radius 3 is 2.36 bits per heavy atom. The van der Waals surface area contributed by atoms with Crippen molar-refractivity contribution in [1.29, 1.82) is 0 Å². The Kier molecular flexibility index (Phi) is 2.78. The van der Waals surface area contributed by atoms with E-state index in [2.05, 4.69) is 32.0 Å². The van der Waals surface area contributed by atoms with Gasteiger partial charge in [0.2, 0.25) is 0 Å². The number of benzene rings is 3. The van der Waals surface area contributed by atoms with Crippen molar-refractivity contribution in [2.24, 2.45) is 0 Å². The Balaban J connectivity index is 1.88. The molecule has 0 N–H and O–H groups in total. The lowest BCUT2D eigenvalue weighted by atomic mass is 10.0. The lowest BCUT2D eigenvalue weighted by Crippen LogP contribution is -2.21. The van der Waals surface area contributed by atoms with Gasteiger partial charge in [0.25, 0.3) is 5.91 Å². The molecule has 25 heavy (non-hydrogen) atoms. The van der Waals surface area contributed by atoms with E-state index in [0.29, 0.717) is 0 Å². The average molecular weight is 324 g/mol. The van der Waals surface area contributed by atoms with E-state index in [4.69, 9.17) is 4.98 Å². The second-order valence-corrected chi connectivity index (χ2v) is 6.66. The van der Waals surface area contributed by atoms with Crippen LogP contribution in [-0.2, 0) is 0 Å². The molecule has 0 spiro atoms. The van der Waals surface area contributed by atoms with Gasteiger partial charge in [0, 0.05) is 16.5 Å². The van der Waals surface area contributed by atoms with Crippen molar-refractivity contribution < 1.29 is 4.79 Å². The Labute approximate surface area is 145 Å². The van der Waals surface area contributed by atoms with Crippen LogP contribution in [0, 0.1) is 13.8 Å². The Hall–Kier alpha value is -3.20. The van der Waals surface area contributed by atoms with Gasteiger partial charge >= 0.3 is 0 Å². The third-order valence-electron chi connectivity index (χ3n) is 4.81. The van der Waals surface area contributed by atoms with E-state index >= 15 is 0 Å². The molecule has 1 aliphatic heterocycles. The highest BCUT2D eigenvalue weighted by molar-refractivity contribution is 6.32. The average Bonchev–Trinajstić information content (AvgIpc) is 2.89. The maximum Gasteiger partial charge on any atom is 0.264 e. The molecule has 2 heterocycles. The quantitative estimate of drug-likeness (QED) is 0.445. The molecule has 1 aliphatic rings. The number of nitrogens with zero attached hydrogens (tertiary/aromatic N) is 2. The van der Waals surface area contributed by atoms with E-state index in [1.807, 2.05) is 47.4 Å². The molecule has 0 aliphatic carbocycles. The fourth-order valence-corrected chi connectivity index (χ4v) is 3.89. The van der Waals surface area contributed by atoms with Gasteiger partial charge in [0.1, 0.15) is 0 Å². The summed E-state index contributed by atoms with van der Waals surface area (Å²) < 4.78 is 0. The van der Waals surface area contributed by atoms with Crippen LogP contribution in [0.15, 0.2) is 60.7 Å². The first kappa shape index (κ1) is 14.2. The first-order valence-electron chi connectivity index (χ1n) is 8.38. The minimum atomic E-state index is 0.0230. The van der Waals surface area contributed by atoms with Gasteiger partial charge in [-0.1, -0.05) is 30.3 Å². The summed E-state index contributed by atoms with van der Waals surface area (Å²) in [6, 6.07) is 20.1. The van der Waals surface area contributed by atoms with E-state index in [-0.39, 0.29) is 5.91 Å². The molecule has 5 rings (SSSR count). The Morgan fingerprint density at radius 1 is 0.840 bits per heavy atom. The highest BCUT2D eigenvalue weighted by Gasteiger charge is 2.33. The number of hydrogen-bond donors (Lipinski definition) is 0. The van der Waals surface area contributed by atoms with Crippen LogP contribution in [0.5, 0.6) is 0 Å². The molecule has 0 unspecified atom stereocenters. The molecular formula is C22H16N2O. The summed E-state index contributed by atoms with van der Waals surface area (Å²) in [5, 5.41) is 1.87. The number of fused-ring (bicyclic) bond motifs is 2. The standard InChI is InChI=1S/C22H16N2O/c1-13-10-14(2)12-15(11-13)24-19-9-5-8-18-21(19)20(22(24)25)16-6-3-4-7-17(16)23-18/h3-12H,1-2H3. The summed E-state index contributed by atoms with van der Waals surface area (Å²) in [6.07, 6.45) is 0. The fraction of sp³-hybridized carbons (Fsp3) is 0.0909. The molecule has 120 valence electrons. The van der Waals surface area contributed by atoms with Gasteiger partial charge in [0.15, 0.2) is 0 Å². The molecule has 3 heteroatoms. The van der Waals surface area contributed by atoms with Gasteiger partial charge in [-0.3, -0.25) is 9.69 Å². The maximum atomic E-state index is 13.4. The number of carbonyl (C=O) groups excluding carboxylic acids is 1. The topological polar surface area (TPSA) is 33.2 Å². The van der Waals surface area contributed by atoms with Crippen LogP contribution in [0.25, 0.3) is 21.8 Å². The molecular weight excluding hydrogens is 308 g/mol. The van der Waals surface area contributed by atoms with Crippen molar-refractivity contribution in [3.63, 3.8) is 0 Å². The van der Waals surface area contributed by atoms with Crippen LogP contribution in [-0.4, -0.2) is 10.9 Å².